The van der Waals surface area contributed by atoms with Gasteiger partial charge < -0.3 is 15.1 Å². The molecule has 0 aromatic heterocycles. The number of nitrogens with one attached hydrogen (secondary N) is 1. The van der Waals surface area contributed by atoms with Gasteiger partial charge in [0.25, 0.3) is 11.8 Å². The van der Waals surface area contributed by atoms with Crippen molar-refractivity contribution in [1.82, 2.24) is 15.1 Å². The molecule has 1 saturated heterocycles. The van der Waals surface area contributed by atoms with Gasteiger partial charge in [0.1, 0.15) is 0 Å². The number of likely N-dealkylation sites (tertiary alicyclic amines) is 1. The van der Waals surface area contributed by atoms with Crippen LogP contribution in [0.25, 0.3) is 0 Å². The molecule has 1 heterocycles. The summed E-state index contributed by atoms with van der Waals surface area (Å²) in [5, 5.41) is 3.19. The highest BCUT2D eigenvalue weighted by Gasteiger charge is 2.23. The molecule has 0 bridgehead atoms. The second-order valence-electron chi connectivity index (χ2n) is 6.68. The van der Waals surface area contributed by atoms with Crippen LogP contribution in [0, 0.1) is 5.92 Å². The molecule has 1 aromatic rings. The maximum Gasteiger partial charge on any atom is 0.253 e. The Hall–Kier alpha value is -1.59. The molecule has 6 heteroatoms. The van der Waals surface area contributed by atoms with Crippen molar-refractivity contribution in [2.45, 2.75) is 33.1 Å². The first kappa shape index (κ1) is 22.5. The fourth-order valence-corrected chi connectivity index (χ4v) is 3.40. The third kappa shape index (κ3) is 5.71. The van der Waals surface area contributed by atoms with Crippen molar-refractivity contribution in [1.29, 1.82) is 0 Å². The van der Waals surface area contributed by atoms with Crippen LogP contribution in [0.5, 0.6) is 0 Å². The van der Waals surface area contributed by atoms with Crippen molar-refractivity contribution in [2.24, 2.45) is 5.92 Å². The van der Waals surface area contributed by atoms with E-state index < -0.39 is 0 Å². The van der Waals surface area contributed by atoms with Crippen LogP contribution in [-0.2, 0) is 0 Å². The monoisotopic (exact) mass is 381 g/mol. The van der Waals surface area contributed by atoms with Gasteiger partial charge >= 0.3 is 0 Å². The van der Waals surface area contributed by atoms with Crippen LogP contribution in [0.3, 0.4) is 0 Å². The summed E-state index contributed by atoms with van der Waals surface area (Å²) in [5.74, 6) is 0.814. The van der Waals surface area contributed by atoms with E-state index in [0.717, 1.165) is 32.5 Å². The highest BCUT2D eigenvalue weighted by Crippen LogP contribution is 2.21. The Kier molecular flexibility index (Phi) is 9.66. The number of benzene rings is 1. The van der Waals surface area contributed by atoms with E-state index in [2.05, 4.69) is 5.32 Å². The maximum atomic E-state index is 12.7. The number of hydrogen-bond acceptors (Lipinski definition) is 3. The Balaban J connectivity index is 0.00000338. The molecule has 1 N–H and O–H groups in total. The number of amides is 2. The van der Waals surface area contributed by atoms with Crippen molar-refractivity contribution in [3.8, 4) is 0 Å². The zero-order valence-electron chi connectivity index (χ0n) is 16.2. The van der Waals surface area contributed by atoms with Gasteiger partial charge in [0.2, 0.25) is 0 Å². The standard InChI is InChI=1S/C20H31N3O2.ClH/c1-4-22(5-2)19(24)17-6-8-18(9-7-17)20(25)23-14-11-16(12-15-23)10-13-21-3;/h6-9,16,21H,4-5,10-15H2,1-3H3;1H. The van der Waals surface area contributed by atoms with E-state index in [9.17, 15) is 9.59 Å². The molecular weight excluding hydrogens is 350 g/mol. The minimum atomic E-state index is 0. The number of nitrogens with zero attached hydrogens (tertiary/aromatic N) is 2. The summed E-state index contributed by atoms with van der Waals surface area (Å²) < 4.78 is 0. The Morgan fingerprint density at radius 2 is 1.62 bits per heavy atom. The van der Waals surface area contributed by atoms with Gasteiger partial charge in [-0.2, -0.15) is 0 Å². The molecule has 146 valence electrons. The smallest absolute Gasteiger partial charge is 0.253 e. The molecule has 0 atom stereocenters. The number of halogens is 1. The minimum Gasteiger partial charge on any atom is -0.339 e. The van der Waals surface area contributed by atoms with Crippen LogP contribution < -0.4 is 5.32 Å². The number of rotatable bonds is 7. The summed E-state index contributed by atoms with van der Waals surface area (Å²) in [4.78, 5) is 28.7. The first-order valence-electron chi connectivity index (χ1n) is 9.43. The van der Waals surface area contributed by atoms with Gasteiger partial charge in [0, 0.05) is 37.3 Å². The molecule has 0 aliphatic carbocycles. The lowest BCUT2D eigenvalue weighted by Gasteiger charge is -2.32. The van der Waals surface area contributed by atoms with Crippen LogP contribution in [0.4, 0.5) is 0 Å². The average molecular weight is 382 g/mol. The average Bonchev–Trinajstić information content (AvgIpc) is 2.67. The van der Waals surface area contributed by atoms with Gasteiger partial charge in [-0.3, -0.25) is 9.59 Å². The molecule has 0 spiro atoms. The quantitative estimate of drug-likeness (QED) is 0.789. The lowest BCUT2D eigenvalue weighted by molar-refractivity contribution is 0.0685. The Bertz CT molecular complexity index is 565. The van der Waals surface area contributed by atoms with E-state index in [-0.39, 0.29) is 24.2 Å². The van der Waals surface area contributed by atoms with Gasteiger partial charge in [-0.25, -0.2) is 0 Å². The lowest BCUT2D eigenvalue weighted by atomic mass is 9.93. The Morgan fingerprint density at radius 3 is 2.12 bits per heavy atom. The summed E-state index contributed by atoms with van der Waals surface area (Å²) in [6, 6.07) is 7.11. The molecule has 1 aliphatic heterocycles. The third-order valence-electron chi connectivity index (χ3n) is 5.13. The molecule has 0 unspecified atom stereocenters. The zero-order valence-corrected chi connectivity index (χ0v) is 17.0. The Morgan fingerprint density at radius 1 is 1.08 bits per heavy atom. The van der Waals surface area contributed by atoms with Crippen molar-refractivity contribution >= 4 is 24.2 Å². The largest absolute Gasteiger partial charge is 0.339 e. The minimum absolute atomic E-state index is 0. The summed E-state index contributed by atoms with van der Waals surface area (Å²) in [6.45, 7) is 8.03. The van der Waals surface area contributed by atoms with Crippen molar-refractivity contribution in [3.05, 3.63) is 35.4 Å². The summed E-state index contributed by atoms with van der Waals surface area (Å²) in [7, 11) is 1.98. The SMILES string of the molecule is CCN(CC)C(=O)c1ccc(C(=O)N2CCC(CCNC)CC2)cc1.Cl. The summed E-state index contributed by atoms with van der Waals surface area (Å²) >= 11 is 0. The second kappa shape index (κ2) is 11.2. The first-order chi connectivity index (χ1) is 12.1. The van der Waals surface area contributed by atoms with E-state index >= 15 is 0 Å². The van der Waals surface area contributed by atoms with Gasteiger partial charge in [-0.05, 0) is 76.9 Å². The number of carbonyl (C=O) groups excluding carboxylic acids is 2. The summed E-state index contributed by atoms with van der Waals surface area (Å²) in [6.07, 6.45) is 3.33. The molecular formula is C20H32ClN3O2. The normalized spacial score (nSPS) is 14.7. The number of hydrogen-bond donors (Lipinski definition) is 1. The van der Waals surface area contributed by atoms with Crippen molar-refractivity contribution < 1.29 is 9.59 Å². The summed E-state index contributed by atoms with van der Waals surface area (Å²) in [5.41, 5.74) is 1.32. The molecule has 1 fully saturated rings. The van der Waals surface area contributed by atoms with Crippen LogP contribution in [0.2, 0.25) is 0 Å². The first-order valence-corrected chi connectivity index (χ1v) is 9.43. The molecule has 0 saturated carbocycles. The fraction of sp³-hybridized carbons (Fsp3) is 0.600. The number of piperidine rings is 1. The predicted octanol–water partition coefficient (Wildman–Crippen LogP) is 3.05. The van der Waals surface area contributed by atoms with Gasteiger partial charge in [0.15, 0.2) is 0 Å². The van der Waals surface area contributed by atoms with Crippen molar-refractivity contribution in [3.63, 3.8) is 0 Å². The van der Waals surface area contributed by atoms with Gasteiger partial charge in [-0.1, -0.05) is 0 Å². The van der Waals surface area contributed by atoms with Crippen LogP contribution in [0.15, 0.2) is 24.3 Å². The van der Waals surface area contributed by atoms with Crippen LogP contribution in [-0.4, -0.2) is 61.4 Å². The highest BCUT2D eigenvalue weighted by atomic mass is 35.5. The Labute approximate surface area is 163 Å². The van der Waals surface area contributed by atoms with Crippen LogP contribution in [0.1, 0.15) is 53.8 Å². The third-order valence-corrected chi connectivity index (χ3v) is 5.13. The zero-order chi connectivity index (χ0) is 18.2. The van der Waals surface area contributed by atoms with Gasteiger partial charge in [0.05, 0.1) is 0 Å². The van der Waals surface area contributed by atoms with Crippen LogP contribution >= 0.6 is 12.4 Å². The second-order valence-corrected chi connectivity index (χ2v) is 6.68. The predicted molar refractivity (Wildman–Crippen MR) is 108 cm³/mol. The number of carbonyl (C=O) groups is 2. The van der Waals surface area contributed by atoms with Crippen molar-refractivity contribution in [2.75, 3.05) is 39.8 Å². The van der Waals surface area contributed by atoms with E-state index in [1.807, 2.05) is 25.8 Å². The fourth-order valence-electron chi connectivity index (χ4n) is 3.40. The van der Waals surface area contributed by atoms with E-state index in [1.165, 1.54) is 6.42 Å². The van der Waals surface area contributed by atoms with Gasteiger partial charge in [-0.15, -0.1) is 12.4 Å². The molecule has 0 radical (unpaired) electrons. The molecule has 5 nitrogen and oxygen atoms in total. The molecule has 1 aromatic carbocycles. The highest BCUT2D eigenvalue weighted by molar-refractivity contribution is 5.97. The topological polar surface area (TPSA) is 52.7 Å². The molecule has 1 aliphatic rings. The molecule has 2 rings (SSSR count). The lowest BCUT2D eigenvalue weighted by Crippen LogP contribution is -2.39. The maximum absolute atomic E-state index is 12.7. The molecule has 2 amide bonds. The van der Waals surface area contributed by atoms with E-state index in [0.29, 0.717) is 30.1 Å². The molecule has 26 heavy (non-hydrogen) atoms. The van der Waals surface area contributed by atoms with E-state index in [4.69, 9.17) is 0 Å². The van der Waals surface area contributed by atoms with E-state index in [1.54, 1.807) is 29.2 Å².